The second-order valence-corrected chi connectivity index (χ2v) is 8.17. The van der Waals surface area contributed by atoms with Crippen molar-refractivity contribution in [2.75, 3.05) is 12.0 Å². The monoisotopic (exact) mass is 448 g/mol. The van der Waals surface area contributed by atoms with E-state index in [0.29, 0.717) is 12.2 Å². The highest BCUT2D eigenvalue weighted by Gasteiger charge is 2.30. The Morgan fingerprint density at radius 3 is 1.97 bits per heavy atom. The summed E-state index contributed by atoms with van der Waals surface area (Å²) in [5, 5.41) is 25.0. The number of rotatable bonds is 14. The fourth-order valence-corrected chi connectivity index (χ4v) is 2.85. The molecule has 11 nitrogen and oxygen atoms in total. The molecule has 0 aliphatic heterocycles. The number of hydrogen-bond donors (Lipinski definition) is 6. The lowest BCUT2D eigenvalue weighted by Crippen LogP contribution is -2.57. The summed E-state index contributed by atoms with van der Waals surface area (Å²) >= 11 is 1.54. The van der Waals surface area contributed by atoms with Crippen LogP contribution in [0.3, 0.4) is 0 Å². The predicted molar refractivity (Wildman–Crippen MR) is 112 cm³/mol. The van der Waals surface area contributed by atoms with Gasteiger partial charge in [0.25, 0.3) is 0 Å². The number of carboxylic acid groups (broad SMARTS) is 2. The third-order valence-corrected chi connectivity index (χ3v) is 4.87. The first kappa shape index (κ1) is 27.7. The van der Waals surface area contributed by atoms with E-state index in [9.17, 15) is 24.0 Å². The standard InChI is InChI=1S/C18H32N4O7S/c1-9(2)14(22-16(26)11(19)7-8-30-4)17(27)20-10(3)15(25)21-12(18(28)29)5-6-13(23)24/h9-12,14H,5-8,19H2,1-4H3,(H,20,27)(H,21,25)(H,22,26)(H,23,24)(H,28,29). The van der Waals surface area contributed by atoms with E-state index in [4.69, 9.17) is 15.9 Å². The van der Waals surface area contributed by atoms with Crippen molar-refractivity contribution in [1.82, 2.24) is 16.0 Å². The molecule has 0 aromatic carbocycles. The van der Waals surface area contributed by atoms with Crippen molar-refractivity contribution in [2.45, 2.75) is 64.2 Å². The molecular weight excluding hydrogens is 416 g/mol. The van der Waals surface area contributed by atoms with Crippen LogP contribution in [0.2, 0.25) is 0 Å². The number of carbonyl (C=O) groups is 5. The summed E-state index contributed by atoms with van der Waals surface area (Å²) in [4.78, 5) is 58.8. The number of carbonyl (C=O) groups excluding carboxylic acids is 3. The van der Waals surface area contributed by atoms with E-state index in [1.54, 1.807) is 25.6 Å². The zero-order valence-corrected chi connectivity index (χ0v) is 18.5. The number of amides is 3. The van der Waals surface area contributed by atoms with Gasteiger partial charge in [0.2, 0.25) is 17.7 Å². The first-order chi connectivity index (χ1) is 13.9. The minimum absolute atomic E-state index is 0.292. The van der Waals surface area contributed by atoms with E-state index in [-0.39, 0.29) is 12.3 Å². The quantitative estimate of drug-likeness (QED) is 0.197. The summed E-state index contributed by atoms with van der Waals surface area (Å²) in [6.07, 6.45) is 1.61. The smallest absolute Gasteiger partial charge is 0.326 e. The number of nitrogens with two attached hydrogens (primary N) is 1. The summed E-state index contributed by atoms with van der Waals surface area (Å²) < 4.78 is 0. The zero-order chi connectivity index (χ0) is 23.4. The normalized spacial score (nSPS) is 14.9. The van der Waals surface area contributed by atoms with Gasteiger partial charge in [0.1, 0.15) is 18.1 Å². The highest BCUT2D eigenvalue weighted by Crippen LogP contribution is 2.05. The molecule has 4 unspecified atom stereocenters. The van der Waals surface area contributed by atoms with Crippen LogP contribution in [0.25, 0.3) is 0 Å². The van der Waals surface area contributed by atoms with Gasteiger partial charge in [0, 0.05) is 6.42 Å². The molecule has 0 saturated carbocycles. The van der Waals surface area contributed by atoms with Gasteiger partial charge in [-0.2, -0.15) is 11.8 Å². The Morgan fingerprint density at radius 1 is 0.900 bits per heavy atom. The SMILES string of the molecule is CSCCC(N)C(=O)NC(C(=O)NC(C)C(=O)NC(CCC(=O)O)C(=O)O)C(C)C. The van der Waals surface area contributed by atoms with E-state index >= 15 is 0 Å². The van der Waals surface area contributed by atoms with Crippen LogP contribution >= 0.6 is 11.8 Å². The molecule has 0 aromatic heterocycles. The van der Waals surface area contributed by atoms with E-state index in [1.165, 1.54) is 6.92 Å². The fraction of sp³-hybridized carbons (Fsp3) is 0.722. The van der Waals surface area contributed by atoms with E-state index < -0.39 is 60.2 Å². The molecule has 0 saturated heterocycles. The molecular formula is C18H32N4O7S. The van der Waals surface area contributed by atoms with Crippen molar-refractivity contribution < 1.29 is 34.2 Å². The van der Waals surface area contributed by atoms with E-state index in [0.717, 1.165) is 0 Å². The average molecular weight is 449 g/mol. The van der Waals surface area contributed by atoms with Gasteiger partial charge in [0.05, 0.1) is 6.04 Å². The number of nitrogens with one attached hydrogen (secondary N) is 3. The highest BCUT2D eigenvalue weighted by molar-refractivity contribution is 7.98. The third-order valence-electron chi connectivity index (χ3n) is 4.23. The first-order valence-electron chi connectivity index (χ1n) is 9.50. The lowest BCUT2D eigenvalue weighted by Gasteiger charge is -2.25. The summed E-state index contributed by atoms with van der Waals surface area (Å²) in [5.41, 5.74) is 5.82. The molecule has 0 fully saturated rings. The molecule has 30 heavy (non-hydrogen) atoms. The maximum absolute atomic E-state index is 12.6. The van der Waals surface area contributed by atoms with Crippen LogP contribution in [-0.2, 0) is 24.0 Å². The minimum Gasteiger partial charge on any atom is -0.481 e. The Labute approximate surface area is 179 Å². The van der Waals surface area contributed by atoms with Gasteiger partial charge in [0.15, 0.2) is 0 Å². The Balaban J connectivity index is 4.93. The molecule has 0 spiro atoms. The maximum atomic E-state index is 12.6. The number of aliphatic carboxylic acids is 2. The number of thioether (sulfide) groups is 1. The van der Waals surface area contributed by atoms with E-state index in [2.05, 4.69) is 16.0 Å². The molecule has 0 aliphatic carbocycles. The van der Waals surface area contributed by atoms with E-state index in [1.807, 2.05) is 6.26 Å². The van der Waals surface area contributed by atoms with Gasteiger partial charge in [-0.3, -0.25) is 19.2 Å². The molecule has 12 heteroatoms. The fourth-order valence-electron chi connectivity index (χ4n) is 2.36. The van der Waals surface area contributed by atoms with Crippen molar-refractivity contribution in [3.63, 3.8) is 0 Å². The number of carboxylic acids is 2. The third kappa shape index (κ3) is 10.4. The lowest BCUT2D eigenvalue weighted by molar-refractivity contribution is -0.143. The molecule has 172 valence electrons. The van der Waals surface area contributed by atoms with Crippen molar-refractivity contribution in [3.8, 4) is 0 Å². The van der Waals surface area contributed by atoms with Crippen LogP contribution < -0.4 is 21.7 Å². The molecule has 0 bridgehead atoms. The van der Waals surface area contributed by atoms with Gasteiger partial charge in [-0.15, -0.1) is 0 Å². The summed E-state index contributed by atoms with van der Waals surface area (Å²) in [5.74, 6) is -4.05. The van der Waals surface area contributed by atoms with Gasteiger partial charge in [-0.25, -0.2) is 4.79 Å². The summed E-state index contributed by atoms with van der Waals surface area (Å²) in [6.45, 7) is 4.79. The van der Waals surface area contributed by atoms with Crippen LogP contribution in [0.4, 0.5) is 0 Å². The largest absolute Gasteiger partial charge is 0.481 e. The Kier molecular flexibility index (Phi) is 12.7. The van der Waals surface area contributed by atoms with Crippen LogP contribution in [0.1, 0.15) is 40.0 Å². The topological polar surface area (TPSA) is 188 Å². The molecule has 4 atom stereocenters. The molecule has 0 rings (SSSR count). The first-order valence-corrected chi connectivity index (χ1v) is 10.9. The van der Waals surface area contributed by atoms with Crippen LogP contribution in [0, 0.1) is 5.92 Å². The Morgan fingerprint density at radius 2 is 1.50 bits per heavy atom. The van der Waals surface area contributed by atoms with Gasteiger partial charge >= 0.3 is 11.9 Å². The molecule has 0 aliphatic rings. The Bertz CT molecular complexity index is 630. The average Bonchev–Trinajstić information content (AvgIpc) is 2.65. The molecule has 0 heterocycles. The minimum atomic E-state index is -1.40. The second kappa shape index (κ2) is 13.8. The molecule has 0 aromatic rings. The maximum Gasteiger partial charge on any atom is 0.326 e. The predicted octanol–water partition coefficient (Wildman–Crippen LogP) is -0.853. The Hall–Kier alpha value is -2.34. The van der Waals surface area contributed by atoms with Gasteiger partial charge in [-0.05, 0) is 37.7 Å². The van der Waals surface area contributed by atoms with Crippen LogP contribution in [-0.4, -0.2) is 76.0 Å². The van der Waals surface area contributed by atoms with Crippen molar-refractivity contribution >= 4 is 41.4 Å². The number of hydrogen-bond acceptors (Lipinski definition) is 7. The van der Waals surface area contributed by atoms with Crippen LogP contribution in [0.5, 0.6) is 0 Å². The van der Waals surface area contributed by atoms with Crippen molar-refractivity contribution in [2.24, 2.45) is 11.7 Å². The molecule has 0 radical (unpaired) electrons. The molecule has 7 N–H and O–H groups in total. The van der Waals surface area contributed by atoms with Gasteiger partial charge in [-0.1, -0.05) is 13.8 Å². The zero-order valence-electron chi connectivity index (χ0n) is 17.6. The van der Waals surface area contributed by atoms with Crippen molar-refractivity contribution in [1.29, 1.82) is 0 Å². The molecule has 3 amide bonds. The van der Waals surface area contributed by atoms with Gasteiger partial charge < -0.3 is 31.9 Å². The summed E-state index contributed by atoms with van der Waals surface area (Å²) in [6, 6.07) is -4.20. The summed E-state index contributed by atoms with van der Waals surface area (Å²) in [7, 11) is 0. The second-order valence-electron chi connectivity index (χ2n) is 7.18. The van der Waals surface area contributed by atoms with Crippen LogP contribution in [0.15, 0.2) is 0 Å². The lowest BCUT2D eigenvalue weighted by atomic mass is 10.0. The van der Waals surface area contributed by atoms with Crippen molar-refractivity contribution in [3.05, 3.63) is 0 Å². The highest BCUT2D eigenvalue weighted by atomic mass is 32.2.